The predicted octanol–water partition coefficient (Wildman–Crippen LogP) is -1.51. The molecule has 1 heterocycles. The Hall–Kier alpha value is -2.90. The van der Waals surface area contributed by atoms with Gasteiger partial charge in [0.2, 0.25) is 10.0 Å². The van der Waals surface area contributed by atoms with E-state index in [1.54, 1.807) is 12.1 Å². The number of amides is 1. The third-order valence-corrected chi connectivity index (χ3v) is 5.80. The summed E-state index contributed by atoms with van der Waals surface area (Å²) in [6.45, 7) is 1.86. The molecule has 0 radical (unpaired) electrons. The molecular weight excluding hydrogens is 442 g/mol. The van der Waals surface area contributed by atoms with Crippen molar-refractivity contribution in [2.45, 2.75) is 18.9 Å². The Bertz CT molecular complexity index is 890. The van der Waals surface area contributed by atoms with Crippen LogP contribution in [0.1, 0.15) is 23.2 Å². The van der Waals surface area contributed by atoms with E-state index in [2.05, 4.69) is 20.9 Å². The number of rotatable bonds is 13. The van der Waals surface area contributed by atoms with Crippen LogP contribution >= 0.6 is 0 Å². The molecule has 1 aliphatic rings. The second-order valence-electron chi connectivity index (χ2n) is 6.93. The van der Waals surface area contributed by atoms with Gasteiger partial charge in [0, 0.05) is 31.8 Å². The first-order valence-corrected chi connectivity index (χ1v) is 11.8. The van der Waals surface area contributed by atoms with Gasteiger partial charge in [-0.2, -0.15) is 4.72 Å². The normalized spacial score (nSPS) is 14.6. The Balaban J connectivity index is 1.78. The minimum Gasteiger partial charge on any atom is -0.492 e. The maximum Gasteiger partial charge on any atom is 0.323 e. The van der Waals surface area contributed by atoms with Crippen molar-refractivity contribution in [3.05, 3.63) is 29.8 Å². The lowest BCUT2D eigenvalue weighted by atomic mass is 10.2. The maximum absolute atomic E-state index is 12.3. The molecule has 1 aromatic rings. The van der Waals surface area contributed by atoms with Crippen LogP contribution < -0.4 is 25.4 Å². The first-order chi connectivity index (χ1) is 15.3. The van der Waals surface area contributed by atoms with Crippen LogP contribution in [0.25, 0.3) is 0 Å². The monoisotopic (exact) mass is 471 g/mol. The molecule has 0 unspecified atom stereocenters. The van der Waals surface area contributed by atoms with Gasteiger partial charge in [-0.3, -0.25) is 14.6 Å². The summed E-state index contributed by atoms with van der Waals surface area (Å²) in [6.07, 6.45) is 0.989. The number of ether oxygens (including phenoxy) is 1. The number of carboxylic acid groups (broad SMARTS) is 1. The highest BCUT2D eigenvalue weighted by Gasteiger charge is 2.24. The molecule has 2 rings (SSSR count). The lowest BCUT2D eigenvalue weighted by Crippen LogP contribution is -2.49. The number of carbonyl (C=O) groups is 2. The Labute approximate surface area is 186 Å². The number of hydrogen-bond donors (Lipinski definition) is 6. The summed E-state index contributed by atoms with van der Waals surface area (Å²) in [4.78, 5) is 27.9. The van der Waals surface area contributed by atoms with Gasteiger partial charge in [-0.05, 0) is 37.1 Å². The van der Waals surface area contributed by atoms with Crippen LogP contribution in [0, 0.1) is 0 Å². The van der Waals surface area contributed by atoms with Gasteiger partial charge in [-0.15, -0.1) is 0 Å². The summed E-state index contributed by atoms with van der Waals surface area (Å²) in [7, 11) is -3.90. The Kier molecular flexibility index (Phi) is 10.2. The number of aliphatic hydroxyl groups is 1. The fourth-order valence-electron chi connectivity index (χ4n) is 2.70. The molecule has 1 atom stereocenters. The number of carboxylic acids is 1. The number of aliphatic carboxylic acids is 1. The van der Waals surface area contributed by atoms with E-state index in [9.17, 15) is 23.1 Å². The number of nitrogens with zero attached hydrogens (tertiary/aromatic N) is 1. The smallest absolute Gasteiger partial charge is 0.323 e. The average molecular weight is 472 g/mol. The number of nitrogens with one attached hydrogen (secondary N) is 4. The largest absolute Gasteiger partial charge is 0.492 e. The fraction of sp³-hybridized carbons (Fsp3) is 0.526. The van der Waals surface area contributed by atoms with Crippen LogP contribution in [0.2, 0.25) is 0 Å². The van der Waals surface area contributed by atoms with E-state index in [-0.39, 0.29) is 18.6 Å². The van der Waals surface area contributed by atoms with E-state index in [4.69, 9.17) is 9.84 Å². The van der Waals surface area contributed by atoms with E-state index in [0.717, 1.165) is 25.5 Å². The van der Waals surface area contributed by atoms with Gasteiger partial charge in [0.15, 0.2) is 5.96 Å². The van der Waals surface area contributed by atoms with Gasteiger partial charge in [0.05, 0.1) is 12.3 Å². The molecular formula is C19H29N5O7S. The molecule has 1 aliphatic heterocycles. The third-order valence-electron chi connectivity index (χ3n) is 4.33. The molecule has 0 saturated carbocycles. The van der Waals surface area contributed by atoms with Gasteiger partial charge >= 0.3 is 5.97 Å². The van der Waals surface area contributed by atoms with E-state index < -0.39 is 40.2 Å². The molecule has 12 nitrogen and oxygen atoms in total. The molecule has 0 aromatic heterocycles. The maximum atomic E-state index is 12.3. The van der Waals surface area contributed by atoms with Crippen molar-refractivity contribution in [1.29, 1.82) is 0 Å². The Morgan fingerprint density at radius 3 is 2.62 bits per heavy atom. The first-order valence-electron chi connectivity index (χ1n) is 10.2. The molecule has 0 fully saturated rings. The zero-order chi connectivity index (χ0) is 23.4. The minimum atomic E-state index is -3.90. The minimum absolute atomic E-state index is 0.0237. The molecule has 1 aromatic carbocycles. The van der Waals surface area contributed by atoms with Gasteiger partial charge in [0.1, 0.15) is 18.4 Å². The standard InChI is InChI=1S/C19H29N5O7S/c25-10-2-12-32(29,30)24-16(18(27)28)13-23-17(26)14-3-5-15(6-4-14)31-11-9-22-19-20-7-1-8-21-19/h3-6,16,24-25H,1-2,7-13H2,(H,23,26)(H,27,28)(H2,20,21,22)/t16-/m0/s1. The lowest BCUT2D eigenvalue weighted by Gasteiger charge is -2.16. The molecule has 178 valence electrons. The zero-order valence-electron chi connectivity index (χ0n) is 17.5. The molecule has 6 N–H and O–H groups in total. The predicted molar refractivity (Wildman–Crippen MR) is 117 cm³/mol. The highest BCUT2D eigenvalue weighted by atomic mass is 32.2. The van der Waals surface area contributed by atoms with Crippen molar-refractivity contribution in [3.63, 3.8) is 0 Å². The Morgan fingerprint density at radius 2 is 2.00 bits per heavy atom. The van der Waals surface area contributed by atoms with Crippen LogP contribution in [0.3, 0.4) is 0 Å². The number of aliphatic imine (C=N–C) groups is 1. The van der Waals surface area contributed by atoms with Crippen LogP contribution in [-0.4, -0.2) is 87.7 Å². The van der Waals surface area contributed by atoms with Crippen LogP contribution in [0.5, 0.6) is 5.75 Å². The molecule has 32 heavy (non-hydrogen) atoms. The van der Waals surface area contributed by atoms with E-state index >= 15 is 0 Å². The van der Waals surface area contributed by atoms with Crippen molar-refractivity contribution in [2.75, 3.05) is 45.1 Å². The fourth-order valence-corrected chi connectivity index (χ4v) is 3.94. The van der Waals surface area contributed by atoms with E-state index in [0.29, 0.717) is 18.9 Å². The number of hydrogen-bond acceptors (Lipinski definition) is 9. The van der Waals surface area contributed by atoms with E-state index in [1.165, 1.54) is 12.1 Å². The highest BCUT2D eigenvalue weighted by molar-refractivity contribution is 7.89. The van der Waals surface area contributed by atoms with E-state index in [1.807, 2.05) is 4.72 Å². The second kappa shape index (κ2) is 12.8. The molecule has 1 amide bonds. The summed E-state index contributed by atoms with van der Waals surface area (Å²) >= 11 is 0. The van der Waals surface area contributed by atoms with Crippen LogP contribution in [0.4, 0.5) is 0 Å². The molecule has 13 heteroatoms. The van der Waals surface area contributed by atoms with Gasteiger partial charge in [0.25, 0.3) is 5.91 Å². The summed E-state index contributed by atoms with van der Waals surface area (Å²) < 4.78 is 31.3. The number of guanidine groups is 1. The van der Waals surface area contributed by atoms with Crippen molar-refractivity contribution in [3.8, 4) is 5.75 Å². The number of carbonyl (C=O) groups excluding carboxylic acids is 1. The third kappa shape index (κ3) is 9.08. The molecule has 0 saturated heterocycles. The first kappa shape index (κ1) is 25.4. The van der Waals surface area contributed by atoms with Gasteiger partial charge in [-0.1, -0.05) is 0 Å². The van der Waals surface area contributed by atoms with Crippen molar-refractivity contribution < 1.29 is 33.0 Å². The van der Waals surface area contributed by atoms with Gasteiger partial charge in [-0.25, -0.2) is 8.42 Å². The molecule has 0 bridgehead atoms. The lowest BCUT2D eigenvalue weighted by molar-refractivity contribution is -0.138. The SMILES string of the molecule is O=C(NC[C@H](NS(=O)(=O)CCCO)C(=O)O)c1ccc(OCCNC2=NCCCN2)cc1. The summed E-state index contributed by atoms with van der Waals surface area (Å²) in [5.74, 6) is -1.09. The van der Waals surface area contributed by atoms with Crippen LogP contribution in [-0.2, 0) is 14.8 Å². The quantitative estimate of drug-likeness (QED) is 0.187. The summed E-state index contributed by atoms with van der Waals surface area (Å²) in [5.41, 5.74) is 0.267. The van der Waals surface area contributed by atoms with Gasteiger partial charge < -0.3 is 30.9 Å². The summed E-state index contributed by atoms with van der Waals surface area (Å²) in [5, 5.41) is 26.6. The zero-order valence-corrected chi connectivity index (χ0v) is 18.4. The number of benzene rings is 1. The topological polar surface area (TPSA) is 178 Å². The summed E-state index contributed by atoms with van der Waals surface area (Å²) in [6, 6.07) is 4.73. The number of aliphatic hydroxyl groups excluding tert-OH is 1. The molecule has 0 aliphatic carbocycles. The van der Waals surface area contributed by atoms with Crippen molar-refractivity contribution >= 4 is 27.9 Å². The van der Waals surface area contributed by atoms with Crippen molar-refractivity contribution in [1.82, 2.24) is 20.7 Å². The van der Waals surface area contributed by atoms with Crippen molar-refractivity contribution in [2.24, 2.45) is 4.99 Å². The Morgan fingerprint density at radius 1 is 1.25 bits per heavy atom. The van der Waals surface area contributed by atoms with Crippen LogP contribution in [0.15, 0.2) is 29.3 Å². The average Bonchev–Trinajstić information content (AvgIpc) is 2.79. The second-order valence-corrected chi connectivity index (χ2v) is 8.80. The highest BCUT2D eigenvalue weighted by Crippen LogP contribution is 2.12. The molecule has 0 spiro atoms. The number of sulfonamides is 1.